The minimum absolute atomic E-state index is 0.000768. The average molecular weight is 307 g/mol. The highest BCUT2D eigenvalue weighted by Crippen LogP contribution is 2.26. The minimum atomic E-state index is -0.299. The van der Waals surface area contributed by atoms with Gasteiger partial charge in [0.1, 0.15) is 0 Å². The molecule has 3 nitrogen and oxygen atoms in total. The quantitative estimate of drug-likeness (QED) is 0.849. The molecule has 0 unspecified atom stereocenters. The van der Waals surface area contributed by atoms with Crippen LogP contribution in [-0.2, 0) is 11.3 Å². The summed E-state index contributed by atoms with van der Waals surface area (Å²) < 4.78 is 0. The predicted octanol–water partition coefficient (Wildman–Crippen LogP) is 3.31. The molecule has 0 saturated heterocycles. The van der Waals surface area contributed by atoms with Gasteiger partial charge in [-0.15, -0.1) is 11.8 Å². The summed E-state index contributed by atoms with van der Waals surface area (Å²) in [5.74, 6) is 0.198. The van der Waals surface area contributed by atoms with Crippen molar-refractivity contribution in [1.29, 1.82) is 0 Å². The van der Waals surface area contributed by atoms with Crippen LogP contribution in [0.1, 0.15) is 38.2 Å². The highest BCUT2D eigenvalue weighted by Gasteiger charge is 2.28. The summed E-state index contributed by atoms with van der Waals surface area (Å²) >= 11 is 1.72. The van der Waals surface area contributed by atoms with Crippen molar-refractivity contribution in [3.8, 4) is 0 Å². The molecular formula is C17H25NO2S. The van der Waals surface area contributed by atoms with E-state index in [0.29, 0.717) is 13.0 Å². The number of hydrogen-bond donors (Lipinski definition) is 1. The Morgan fingerprint density at radius 3 is 2.62 bits per heavy atom. The van der Waals surface area contributed by atoms with Crippen molar-refractivity contribution in [2.75, 3.05) is 12.8 Å². The zero-order chi connectivity index (χ0) is 15.2. The summed E-state index contributed by atoms with van der Waals surface area (Å²) in [5.41, 5.74) is 1.17. The maximum absolute atomic E-state index is 12.6. The van der Waals surface area contributed by atoms with Crippen molar-refractivity contribution >= 4 is 17.7 Å². The summed E-state index contributed by atoms with van der Waals surface area (Å²) in [4.78, 5) is 15.8. The molecule has 1 aliphatic rings. The lowest BCUT2D eigenvalue weighted by molar-refractivity contribution is -0.138. The molecule has 1 amide bonds. The third-order valence-electron chi connectivity index (χ3n) is 4.22. The Morgan fingerprint density at radius 2 is 2.05 bits per heavy atom. The lowest BCUT2D eigenvalue weighted by Gasteiger charge is -2.30. The monoisotopic (exact) mass is 307 g/mol. The molecule has 0 heterocycles. The Hall–Kier alpha value is -1.00. The van der Waals surface area contributed by atoms with Gasteiger partial charge in [-0.05, 0) is 50.1 Å². The summed E-state index contributed by atoms with van der Waals surface area (Å²) in [5, 5.41) is 9.76. The minimum Gasteiger partial charge on any atom is -0.393 e. The van der Waals surface area contributed by atoms with Gasteiger partial charge in [0.15, 0.2) is 0 Å². The Labute approximate surface area is 131 Å². The molecule has 116 valence electrons. The van der Waals surface area contributed by atoms with Gasteiger partial charge < -0.3 is 10.0 Å². The van der Waals surface area contributed by atoms with Crippen LogP contribution < -0.4 is 0 Å². The van der Waals surface area contributed by atoms with Crippen molar-refractivity contribution in [3.05, 3.63) is 29.8 Å². The summed E-state index contributed by atoms with van der Waals surface area (Å²) in [6.07, 6.45) is 5.10. The fourth-order valence-corrected chi connectivity index (χ4v) is 3.35. The van der Waals surface area contributed by atoms with Gasteiger partial charge in [-0.3, -0.25) is 4.79 Å². The number of carbonyl (C=O) groups excluding carboxylic acids is 1. The van der Waals surface area contributed by atoms with E-state index in [9.17, 15) is 9.90 Å². The van der Waals surface area contributed by atoms with Crippen LogP contribution in [0.4, 0.5) is 0 Å². The van der Waals surface area contributed by atoms with Crippen LogP contribution in [0.25, 0.3) is 0 Å². The lowest BCUT2D eigenvalue weighted by atomic mass is 9.86. The van der Waals surface area contributed by atoms with E-state index in [4.69, 9.17) is 0 Å². The lowest BCUT2D eigenvalue weighted by Crippen LogP contribution is -2.38. The number of carbonyl (C=O) groups is 1. The van der Waals surface area contributed by atoms with Crippen molar-refractivity contribution in [2.45, 2.75) is 50.2 Å². The van der Waals surface area contributed by atoms with E-state index in [1.54, 1.807) is 11.8 Å². The van der Waals surface area contributed by atoms with E-state index in [0.717, 1.165) is 25.8 Å². The normalized spacial score (nSPS) is 22.0. The SMILES string of the molecule is CCN(Cc1ccc(SC)cc1)C(=O)[C@H]1CCC[C@@H](O)C1. The Kier molecular flexibility index (Phi) is 6.12. The van der Waals surface area contributed by atoms with Gasteiger partial charge in [0.2, 0.25) is 5.91 Å². The molecule has 1 N–H and O–H groups in total. The molecule has 2 rings (SSSR count). The standard InChI is InChI=1S/C17H25NO2S/c1-3-18(12-13-7-9-16(21-2)10-8-13)17(20)14-5-4-6-15(19)11-14/h7-10,14-15,19H,3-6,11-12H2,1-2H3/t14-,15+/m0/s1. The number of aliphatic hydroxyl groups excluding tert-OH is 1. The molecule has 1 aromatic carbocycles. The van der Waals surface area contributed by atoms with E-state index in [-0.39, 0.29) is 17.9 Å². The maximum atomic E-state index is 12.6. The first-order valence-corrected chi connectivity index (χ1v) is 8.96. The first kappa shape index (κ1) is 16.4. The summed E-state index contributed by atoms with van der Waals surface area (Å²) in [6.45, 7) is 3.40. The van der Waals surface area contributed by atoms with Gasteiger partial charge in [0, 0.05) is 23.9 Å². The third-order valence-corrected chi connectivity index (χ3v) is 4.97. The van der Waals surface area contributed by atoms with Gasteiger partial charge >= 0.3 is 0 Å². The van der Waals surface area contributed by atoms with E-state index < -0.39 is 0 Å². The van der Waals surface area contributed by atoms with Crippen LogP contribution in [0.2, 0.25) is 0 Å². The van der Waals surface area contributed by atoms with E-state index in [2.05, 4.69) is 30.5 Å². The highest BCUT2D eigenvalue weighted by atomic mass is 32.2. The molecule has 0 bridgehead atoms. The zero-order valence-corrected chi connectivity index (χ0v) is 13.7. The fraction of sp³-hybridized carbons (Fsp3) is 0.588. The van der Waals surface area contributed by atoms with Crippen LogP contribution in [0.3, 0.4) is 0 Å². The largest absolute Gasteiger partial charge is 0.393 e. The molecule has 1 aromatic rings. The molecule has 2 atom stereocenters. The summed E-state index contributed by atoms with van der Waals surface area (Å²) in [7, 11) is 0. The van der Waals surface area contributed by atoms with Gasteiger partial charge in [-0.25, -0.2) is 0 Å². The number of thioether (sulfide) groups is 1. The Balaban J connectivity index is 1.99. The number of aliphatic hydroxyl groups is 1. The van der Waals surface area contributed by atoms with Crippen molar-refractivity contribution in [3.63, 3.8) is 0 Å². The molecule has 1 aliphatic carbocycles. The molecule has 0 spiro atoms. The molecular weight excluding hydrogens is 282 g/mol. The second kappa shape index (κ2) is 7.85. The second-order valence-corrected chi connectivity index (χ2v) is 6.60. The first-order chi connectivity index (χ1) is 10.1. The molecule has 21 heavy (non-hydrogen) atoms. The maximum Gasteiger partial charge on any atom is 0.226 e. The van der Waals surface area contributed by atoms with Crippen molar-refractivity contribution in [2.24, 2.45) is 5.92 Å². The van der Waals surface area contributed by atoms with Crippen LogP contribution in [0.15, 0.2) is 29.2 Å². The average Bonchev–Trinajstić information content (AvgIpc) is 2.52. The van der Waals surface area contributed by atoms with Crippen molar-refractivity contribution < 1.29 is 9.90 Å². The van der Waals surface area contributed by atoms with E-state index in [1.807, 2.05) is 11.8 Å². The topological polar surface area (TPSA) is 40.5 Å². The molecule has 1 saturated carbocycles. The molecule has 4 heteroatoms. The van der Waals surface area contributed by atoms with Gasteiger partial charge in [-0.1, -0.05) is 18.6 Å². The number of rotatable bonds is 5. The number of hydrogen-bond acceptors (Lipinski definition) is 3. The predicted molar refractivity (Wildman–Crippen MR) is 87.3 cm³/mol. The van der Waals surface area contributed by atoms with E-state index >= 15 is 0 Å². The van der Waals surface area contributed by atoms with Crippen LogP contribution >= 0.6 is 11.8 Å². The van der Waals surface area contributed by atoms with E-state index in [1.165, 1.54) is 10.5 Å². The Morgan fingerprint density at radius 1 is 1.33 bits per heavy atom. The second-order valence-electron chi connectivity index (χ2n) is 5.72. The summed E-state index contributed by atoms with van der Waals surface area (Å²) in [6, 6.07) is 8.39. The van der Waals surface area contributed by atoms with Gasteiger partial charge in [0.05, 0.1) is 6.10 Å². The van der Waals surface area contributed by atoms with Gasteiger partial charge in [-0.2, -0.15) is 0 Å². The van der Waals surface area contributed by atoms with Crippen molar-refractivity contribution in [1.82, 2.24) is 4.90 Å². The number of nitrogens with zero attached hydrogens (tertiary/aromatic N) is 1. The smallest absolute Gasteiger partial charge is 0.226 e. The van der Waals surface area contributed by atoms with Crippen LogP contribution in [0, 0.1) is 5.92 Å². The third kappa shape index (κ3) is 4.48. The zero-order valence-electron chi connectivity index (χ0n) is 12.9. The number of benzene rings is 1. The molecule has 1 fully saturated rings. The van der Waals surface area contributed by atoms with Gasteiger partial charge in [0.25, 0.3) is 0 Å². The fourth-order valence-electron chi connectivity index (χ4n) is 2.94. The molecule has 0 radical (unpaired) electrons. The van der Waals surface area contributed by atoms with Crippen LogP contribution in [0.5, 0.6) is 0 Å². The highest BCUT2D eigenvalue weighted by molar-refractivity contribution is 7.98. The molecule has 0 aliphatic heterocycles. The van der Waals surface area contributed by atoms with Crippen LogP contribution in [-0.4, -0.2) is 34.8 Å². The number of amides is 1. The molecule has 0 aromatic heterocycles. The Bertz CT molecular complexity index is 460. The first-order valence-electron chi connectivity index (χ1n) is 7.73.